The first-order valence-electron chi connectivity index (χ1n) is 9.50. The molecule has 2 heterocycles. The number of carbonyl (C=O) groups excluding carboxylic acids is 1. The van der Waals surface area contributed by atoms with E-state index in [1.165, 1.54) is 15.6 Å². The number of amides is 1. The third-order valence-electron chi connectivity index (χ3n) is 5.71. The van der Waals surface area contributed by atoms with Crippen molar-refractivity contribution in [1.29, 1.82) is 0 Å². The van der Waals surface area contributed by atoms with Crippen LogP contribution in [0.5, 0.6) is 0 Å². The largest absolute Gasteiger partial charge is 0.355 e. The van der Waals surface area contributed by atoms with Gasteiger partial charge in [-0.3, -0.25) is 4.79 Å². The minimum absolute atomic E-state index is 0.166. The van der Waals surface area contributed by atoms with Crippen molar-refractivity contribution in [1.82, 2.24) is 14.9 Å². The number of nitrogens with one attached hydrogen (secondary N) is 2. The first-order chi connectivity index (χ1) is 12.4. The van der Waals surface area contributed by atoms with E-state index in [9.17, 15) is 13.2 Å². The number of rotatable bonds is 8. The second-order valence-corrected chi connectivity index (χ2v) is 10.6. The molecule has 2 aliphatic rings. The highest BCUT2D eigenvalue weighted by molar-refractivity contribution is 7.91. The fraction of sp³-hybridized carbons (Fsp3) is 0.722. The second kappa shape index (κ2) is 7.96. The van der Waals surface area contributed by atoms with E-state index in [-0.39, 0.29) is 17.2 Å². The quantitative estimate of drug-likeness (QED) is 0.699. The molecular formula is C18H29N3O3S2. The summed E-state index contributed by atoms with van der Waals surface area (Å²) in [6.45, 7) is 7.23. The Bertz CT molecular complexity index is 735. The molecule has 3 rings (SSSR count). The molecule has 1 atom stereocenters. The Hall–Kier alpha value is -0.960. The summed E-state index contributed by atoms with van der Waals surface area (Å²) in [5.74, 6) is 0.339. The minimum atomic E-state index is -3.39. The third-order valence-corrected chi connectivity index (χ3v) is 9.38. The normalized spacial score (nSPS) is 21.9. The number of sulfonamides is 1. The SMILES string of the molecule is CCN(CC)S(=O)(=O)c1ccc(CCNC(=O)C2CC23CCNCC3)s1. The van der Waals surface area contributed by atoms with E-state index in [2.05, 4.69) is 10.6 Å². The van der Waals surface area contributed by atoms with Crippen LogP contribution in [-0.4, -0.2) is 51.4 Å². The predicted molar refractivity (Wildman–Crippen MR) is 104 cm³/mol. The Kier molecular flexibility index (Phi) is 6.06. The summed E-state index contributed by atoms with van der Waals surface area (Å²) < 4.78 is 26.9. The van der Waals surface area contributed by atoms with Gasteiger partial charge in [0.2, 0.25) is 5.91 Å². The van der Waals surface area contributed by atoms with Gasteiger partial charge in [-0.2, -0.15) is 4.31 Å². The van der Waals surface area contributed by atoms with Crippen LogP contribution in [0.4, 0.5) is 0 Å². The van der Waals surface area contributed by atoms with E-state index in [4.69, 9.17) is 0 Å². The molecule has 2 fully saturated rings. The van der Waals surface area contributed by atoms with Crippen LogP contribution in [-0.2, 0) is 21.2 Å². The maximum absolute atomic E-state index is 12.5. The molecule has 1 aliphatic carbocycles. The molecule has 146 valence electrons. The van der Waals surface area contributed by atoms with Gasteiger partial charge in [0, 0.05) is 30.4 Å². The molecular weight excluding hydrogens is 370 g/mol. The van der Waals surface area contributed by atoms with Crippen LogP contribution in [0.2, 0.25) is 0 Å². The van der Waals surface area contributed by atoms with Gasteiger partial charge >= 0.3 is 0 Å². The van der Waals surface area contributed by atoms with Crippen LogP contribution in [0.1, 0.15) is 38.0 Å². The summed E-state index contributed by atoms with van der Waals surface area (Å²) in [6.07, 6.45) is 3.89. The second-order valence-electron chi connectivity index (χ2n) is 7.22. The lowest BCUT2D eigenvalue weighted by atomic mass is 9.92. The molecule has 6 nitrogen and oxygen atoms in total. The van der Waals surface area contributed by atoms with Gasteiger partial charge in [0.25, 0.3) is 10.0 Å². The average Bonchev–Trinajstić information content (AvgIpc) is 3.09. The van der Waals surface area contributed by atoms with E-state index in [1.807, 2.05) is 19.9 Å². The van der Waals surface area contributed by atoms with E-state index in [1.54, 1.807) is 6.07 Å². The van der Waals surface area contributed by atoms with Gasteiger partial charge in [0.05, 0.1) is 0 Å². The lowest BCUT2D eigenvalue weighted by molar-refractivity contribution is -0.123. The molecule has 8 heteroatoms. The molecule has 1 saturated heterocycles. The molecule has 0 bridgehead atoms. The van der Waals surface area contributed by atoms with Crippen LogP contribution in [0.25, 0.3) is 0 Å². The summed E-state index contributed by atoms with van der Waals surface area (Å²) in [7, 11) is -3.39. The standard InChI is InChI=1S/C18H29N3O3S2/c1-3-21(4-2)26(23,24)16-6-5-14(25-16)7-10-20-17(22)15-13-18(15)8-11-19-12-9-18/h5-6,15,19H,3-4,7-13H2,1-2H3,(H,20,22). The van der Waals surface area contributed by atoms with Crippen molar-refractivity contribution in [3.8, 4) is 0 Å². The molecule has 1 unspecified atom stereocenters. The van der Waals surface area contributed by atoms with Crippen molar-refractivity contribution in [3.63, 3.8) is 0 Å². The van der Waals surface area contributed by atoms with E-state index in [0.717, 1.165) is 37.2 Å². The van der Waals surface area contributed by atoms with E-state index >= 15 is 0 Å². The summed E-state index contributed by atoms with van der Waals surface area (Å²) in [6, 6.07) is 3.54. The number of carbonyl (C=O) groups is 1. The smallest absolute Gasteiger partial charge is 0.252 e. The number of hydrogen-bond acceptors (Lipinski definition) is 5. The highest BCUT2D eigenvalue weighted by Crippen LogP contribution is 2.58. The van der Waals surface area contributed by atoms with E-state index < -0.39 is 10.0 Å². The number of piperidine rings is 1. The van der Waals surface area contributed by atoms with Crippen LogP contribution in [0.15, 0.2) is 16.3 Å². The molecule has 1 aliphatic heterocycles. The van der Waals surface area contributed by atoms with Crippen molar-refractivity contribution in [2.45, 2.75) is 43.7 Å². The summed E-state index contributed by atoms with van der Waals surface area (Å²) in [5, 5.41) is 6.40. The fourth-order valence-corrected chi connectivity index (χ4v) is 6.92. The zero-order valence-corrected chi connectivity index (χ0v) is 17.2. The Morgan fingerprint density at radius 1 is 1.31 bits per heavy atom. The van der Waals surface area contributed by atoms with Gasteiger partial charge in [0.15, 0.2) is 0 Å². The van der Waals surface area contributed by atoms with Gasteiger partial charge in [-0.25, -0.2) is 8.42 Å². The highest BCUT2D eigenvalue weighted by atomic mass is 32.2. The molecule has 1 amide bonds. The Labute approximate surface area is 160 Å². The summed E-state index contributed by atoms with van der Waals surface area (Å²) >= 11 is 1.31. The predicted octanol–water partition coefficient (Wildman–Crippen LogP) is 1.83. The molecule has 1 spiro atoms. The first-order valence-corrected chi connectivity index (χ1v) is 11.8. The fourth-order valence-electron chi connectivity index (χ4n) is 3.95. The van der Waals surface area contributed by atoms with Crippen molar-refractivity contribution in [3.05, 3.63) is 17.0 Å². The number of hydrogen-bond donors (Lipinski definition) is 2. The van der Waals surface area contributed by atoms with E-state index in [0.29, 0.717) is 30.3 Å². The Morgan fingerprint density at radius 3 is 2.65 bits per heavy atom. The summed E-state index contributed by atoms with van der Waals surface area (Å²) in [5.41, 5.74) is 0.253. The van der Waals surface area contributed by atoms with Crippen LogP contribution >= 0.6 is 11.3 Å². The molecule has 1 saturated carbocycles. The van der Waals surface area contributed by atoms with Crippen molar-refractivity contribution < 1.29 is 13.2 Å². The van der Waals surface area contributed by atoms with Crippen LogP contribution in [0.3, 0.4) is 0 Å². The molecule has 1 aromatic heterocycles. The van der Waals surface area contributed by atoms with Gasteiger partial charge in [-0.1, -0.05) is 13.8 Å². The topological polar surface area (TPSA) is 78.5 Å². The molecule has 0 radical (unpaired) electrons. The first kappa shape index (κ1) is 19.8. The Morgan fingerprint density at radius 2 is 2.00 bits per heavy atom. The molecule has 26 heavy (non-hydrogen) atoms. The van der Waals surface area contributed by atoms with Gasteiger partial charge in [0.1, 0.15) is 4.21 Å². The molecule has 2 N–H and O–H groups in total. The minimum Gasteiger partial charge on any atom is -0.355 e. The Balaban J connectivity index is 1.49. The molecule has 1 aromatic rings. The van der Waals surface area contributed by atoms with Gasteiger partial charge in [-0.05, 0) is 56.3 Å². The molecule has 0 aromatic carbocycles. The van der Waals surface area contributed by atoms with Crippen LogP contribution < -0.4 is 10.6 Å². The number of nitrogens with zero attached hydrogens (tertiary/aromatic N) is 1. The van der Waals surface area contributed by atoms with Crippen molar-refractivity contribution in [2.75, 3.05) is 32.7 Å². The maximum atomic E-state index is 12.5. The van der Waals surface area contributed by atoms with Crippen molar-refractivity contribution in [2.24, 2.45) is 11.3 Å². The van der Waals surface area contributed by atoms with Crippen molar-refractivity contribution >= 4 is 27.3 Å². The highest BCUT2D eigenvalue weighted by Gasteiger charge is 2.57. The third kappa shape index (κ3) is 3.98. The lowest BCUT2D eigenvalue weighted by Crippen LogP contribution is -2.34. The zero-order valence-electron chi connectivity index (χ0n) is 15.6. The maximum Gasteiger partial charge on any atom is 0.252 e. The lowest BCUT2D eigenvalue weighted by Gasteiger charge is -2.23. The average molecular weight is 400 g/mol. The zero-order chi connectivity index (χ0) is 18.8. The summed E-state index contributed by atoms with van der Waals surface area (Å²) in [4.78, 5) is 13.4. The van der Waals surface area contributed by atoms with Gasteiger partial charge < -0.3 is 10.6 Å². The van der Waals surface area contributed by atoms with Crippen LogP contribution in [0, 0.1) is 11.3 Å². The van der Waals surface area contributed by atoms with Gasteiger partial charge in [-0.15, -0.1) is 11.3 Å². The number of thiophene rings is 1. The monoisotopic (exact) mass is 399 g/mol.